The molecule has 3 aromatic rings. The smallest absolute Gasteiger partial charge is 0.416 e. The van der Waals surface area contributed by atoms with Crippen LogP contribution in [0.25, 0.3) is 11.1 Å². The van der Waals surface area contributed by atoms with Gasteiger partial charge in [-0.3, -0.25) is 9.10 Å². The lowest BCUT2D eigenvalue weighted by Crippen LogP contribution is -2.51. The molecule has 1 heterocycles. The van der Waals surface area contributed by atoms with Crippen molar-refractivity contribution in [2.45, 2.75) is 42.5 Å². The number of carboxylic acids is 1. The van der Waals surface area contributed by atoms with Crippen LogP contribution in [0.4, 0.5) is 32.0 Å². The van der Waals surface area contributed by atoms with Crippen molar-refractivity contribution in [3.63, 3.8) is 0 Å². The van der Waals surface area contributed by atoms with Gasteiger partial charge in [0.25, 0.3) is 10.0 Å². The lowest BCUT2D eigenvalue weighted by atomic mass is 9.96. The number of rotatable bonds is 6. The number of fused-ring (bicyclic) bond motifs is 1. The number of hydrogen-bond donors (Lipinski definition) is 1. The summed E-state index contributed by atoms with van der Waals surface area (Å²) < 4.78 is 119. The number of anilines is 1. The van der Waals surface area contributed by atoms with E-state index in [-0.39, 0.29) is 41.8 Å². The highest BCUT2D eigenvalue weighted by atomic mass is 32.2. The number of carbonyl (C=O) groups is 1. The van der Waals surface area contributed by atoms with E-state index in [1.54, 1.807) is 0 Å². The maximum atomic E-state index is 14.2. The van der Waals surface area contributed by atoms with Crippen LogP contribution >= 0.6 is 0 Å². The summed E-state index contributed by atoms with van der Waals surface area (Å²) in [7, 11) is -4.68. The van der Waals surface area contributed by atoms with Crippen LogP contribution in [0.3, 0.4) is 0 Å². The number of hydrogen-bond acceptors (Lipinski definition) is 5. The summed E-state index contributed by atoms with van der Waals surface area (Å²) >= 11 is 0. The van der Waals surface area contributed by atoms with E-state index in [1.807, 2.05) is 0 Å². The van der Waals surface area contributed by atoms with E-state index in [9.17, 15) is 44.7 Å². The van der Waals surface area contributed by atoms with Gasteiger partial charge in [0.2, 0.25) is 0 Å². The molecule has 41 heavy (non-hydrogen) atoms. The second kappa shape index (κ2) is 10.2. The van der Waals surface area contributed by atoms with Crippen molar-refractivity contribution >= 4 is 21.7 Å². The molecule has 1 aliphatic heterocycles. The molecular formula is C27H21F6NO6S. The Balaban J connectivity index is 1.63. The quantitative estimate of drug-likeness (QED) is 0.333. The van der Waals surface area contributed by atoms with Crippen LogP contribution in [0.5, 0.6) is 11.5 Å². The topological polar surface area (TPSA) is 93.1 Å². The van der Waals surface area contributed by atoms with Gasteiger partial charge in [-0.2, -0.15) is 22.0 Å². The third-order valence-electron chi connectivity index (χ3n) is 7.08. The lowest BCUT2D eigenvalue weighted by Gasteiger charge is -2.42. The van der Waals surface area contributed by atoms with Gasteiger partial charge in [0.1, 0.15) is 22.9 Å². The van der Waals surface area contributed by atoms with E-state index in [2.05, 4.69) is 4.74 Å². The van der Waals surface area contributed by atoms with E-state index < -0.39 is 68.9 Å². The van der Waals surface area contributed by atoms with Crippen molar-refractivity contribution in [2.75, 3.05) is 10.8 Å². The first kappa shape index (κ1) is 28.6. The molecule has 2 unspecified atom stereocenters. The Bertz CT molecular complexity index is 1610. The number of benzene rings is 3. The summed E-state index contributed by atoms with van der Waals surface area (Å²) in [5.41, 5.74) is -2.35. The molecule has 2 atom stereocenters. The van der Waals surface area contributed by atoms with Gasteiger partial charge in [0.15, 0.2) is 0 Å². The van der Waals surface area contributed by atoms with Gasteiger partial charge in [0, 0.05) is 12.5 Å². The Morgan fingerprint density at radius 3 is 2.49 bits per heavy atom. The average Bonchev–Trinajstić information content (AvgIpc) is 3.30. The van der Waals surface area contributed by atoms with Gasteiger partial charge in [-0.25, -0.2) is 12.8 Å². The van der Waals surface area contributed by atoms with E-state index in [1.165, 1.54) is 18.2 Å². The zero-order valence-electron chi connectivity index (χ0n) is 20.9. The average molecular weight is 602 g/mol. The molecule has 1 aliphatic carbocycles. The van der Waals surface area contributed by atoms with Crippen molar-refractivity contribution in [3.8, 4) is 22.6 Å². The highest BCUT2D eigenvalue weighted by molar-refractivity contribution is 7.92. The fourth-order valence-corrected chi connectivity index (χ4v) is 6.79. The number of alkyl halides is 5. The minimum absolute atomic E-state index is 0.00190. The Morgan fingerprint density at radius 2 is 1.83 bits per heavy atom. The second-order valence-electron chi connectivity index (χ2n) is 9.84. The number of sulfonamides is 1. The van der Waals surface area contributed by atoms with E-state index >= 15 is 0 Å². The third kappa shape index (κ3) is 5.65. The first-order valence-electron chi connectivity index (χ1n) is 12.2. The predicted molar refractivity (Wildman–Crippen MR) is 133 cm³/mol. The molecular weight excluding hydrogens is 580 g/mol. The second-order valence-corrected chi connectivity index (χ2v) is 11.7. The number of ether oxygens (including phenoxy) is 2. The van der Waals surface area contributed by atoms with Gasteiger partial charge in [0.05, 0.1) is 28.6 Å². The molecule has 7 nitrogen and oxygen atoms in total. The normalized spacial score (nSPS) is 20.7. The summed E-state index contributed by atoms with van der Waals surface area (Å²) in [6.45, 7) is -3.64. The number of aliphatic carboxylic acids is 1. The molecule has 3 aromatic carbocycles. The van der Waals surface area contributed by atoms with Crippen molar-refractivity contribution in [1.29, 1.82) is 0 Å². The van der Waals surface area contributed by atoms with E-state index in [4.69, 9.17) is 4.74 Å². The lowest BCUT2D eigenvalue weighted by molar-refractivity contribution is -0.142. The molecule has 2 aliphatic rings. The monoisotopic (exact) mass is 601 g/mol. The highest BCUT2D eigenvalue weighted by Crippen LogP contribution is 2.49. The van der Waals surface area contributed by atoms with Gasteiger partial charge in [-0.15, -0.1) is 0 Å². The van der Waals surface area contributed by atoms with Gasteiger partial charge in [-0.05, 0) is 66.4 Å². The summed E-state index contributed by atoms with van der Waals surface area (Å²) in [5, 5.41) is 9.51. The molecule has 0 radical (unpaired) electrons. The maximum absolute atomic E-state index is 14.2. The van der Waals surface area contributed by atoms with Crippen LogP contribution in [-0.2, 0) is 21.0 Å². The summed E-state index contributed by atoms with van der Waals surface area (Å²) in [5.74, 6) is -3.31. The molecule has 5 rings (SSSR count). The fraction of sp³-hybridized carbons (Fsp3) is 0.296. The van der Waals surface area contributed by atoms with Gasteiger partial charge >= 0.3 is 18.8 Å². The minimum Gasteiger partial charge on any atom is -0.483 e. The van der Waals surface area contributed by atoms with Crippen molar-refractivity contribution in [1.82, 2.24) is 0 Å². The first-order valence-corrected chi connectivity index (χ1v) is 13.6. The van der Waals surface area contributed by atoms with E-state index in [0.29, 0.717) is 6.07 Å². The Labute approximate surface area is 230 Å². The summed E-state index contributed by atoms with van der Waals surface area (Å²) in [4.78, 5) is 11.0. The standard InChI is InChI=1S/C27H21F6NO6S/c28-19-8-17(9-20(12-19)39-25(29)30)15-4-5-23-22(10-15)34(14-26(40-23)7-6-16(13-26)24(35)36)41(37,38)21-3-1-2-18(11-21)27(31,32)33/h1-5,8-12,16,25H,6-7,13-14H2,(H,35,36). The van der Waals surface area contributed by atoms with Gasteiger partial charge < -0.3 is 14.6 Å². The Morgan fingerprint density at radius 1 is 1.07 bits per heavy atom. The molecule has 0 amide bonds. The number of halogens is 6. The molecule has 1 fully saturated rings. The molecule has 0 bridgehead atoms. The van der Waals surface area contributed by atoms with E-state index in [0.717, 1.165) is 40.7 Å². The molecule has 0 aromatic heterocycles. The zero-order chi connectivity index (χ0) is 29.7. The van der Waals surface area contributed by atoms with Crippen LogP contribution in [0.1, 0.15) is 24.8 Å². The maximum Gasteiger partial charge on any atom is 0.416 e. The molecule has 218 valence electrons. The zero-order valence-corrected chi connectivity index (χ0v) is 21.7. The Hall–Kier alpha value is -3.94. The predicted octanol–water partition coefficient (Wildman–Crippen LogP) is 6.32. The van der Waals surface area contributed by atoms with Gasteiger partial charge in [-0.1, -0.05) is 12.1 Å². The largest absolute Gasteiger partial charge is 0.483 e. The molecule has 1 saturated carbocycles. The minimum atomic E-state index is -4.82. The van der Waals surface area contributed by atoms with Crippen LogP contribution in [0, 0.1) is 11.7 Å². The highest BCUT2D eigenvalue weighted by Gasteiger charge is 2.50. The third-order valence-corrected chi connectivity index (χ3v) is 8.84. The molecule has 0 saturated heterocycles. The molecule has 1 spiro atoms. The van der Waals surface area contributed by atoms with Crippen molar-refractivity contribution in [3.05, 3.63) is 72.0 Å². The van der Waals surface area contributed by atoms with Crippen LogP contribution in [0.2, 0.25) is 0 Å². The number of carboxylic acid groups (broad SMARTS) is 1. The molecule has 1 N–H and O–H groups in total. The first-order chi connectivity index (χ1) is 19.2. The number of nitrogens with zero attached hydrogens (tertiary/aromatic N) is 1. The van der Waals surface area contributed by atoms with Crippen molar-refractivity contribution < 1.29 is 54.1 Å². The fourth-order valence-electron chi connectivity index (χ4n) is 5.20. The van der Waals surface area contributed by atoms with Crippen molar-refractivity contribution in [2.24, 2.45) is 5.92 Å². The summed E-state index contributed by atoms with van der Waals surface area (Å²) in [6.07, 6.45) is -4.51. The molecule has 14 heteroatoms. The van der Waals surface area contributed by atoms with Crippen LogP contribution in [-0.4, -0.2) is 38.3 Å². The van der Waals surface area contributed by atoms with Crippen LogP contribution < -0.4 is 13.8 Å². The van der Waals surface area contributed by atoms with Crippen LogP contribution in [0.15, 0.2) is 65.6 Å². The summed E-state index contributed by atoms with van der Waals surface area (Å²) in [6, 6.07) is 10.1. The Kier molecular flexibility index (Phi) is 7.08. The SMILES string of the molecule is O=C(O)C1CCC2(C1)CN(S(=O)(=O)c1cccc(C(F)(F)F)c1)c1cc(-c3cc(F)cc(OC(F)F)c3)ccc1O2.